The van der Waals surface area contributed by atoms with E-state index in [2.05, 4.69) is 4.98 Å². The summed E-state index contributed by atoms with van der Waals surface area (Å²) >= 11 is 26.2. The summed E-state index contributed by atoms with van der Waals surface area (Å²) in [6.07, 6.45) is 5.41. The number of ether oxygens (including phenoxy) is 1. The Bertz CT molecular complexity index is 853. The molecule has 3 aromatic rings. The zero-order chi connectivity index (χ0) is 18.5. The molecule has 0 saturated heterocycles. The Labute approximate surface area is 176 Å². The number of halogens is 4. The second-order valence-electron chi connectivity index (χ2n) is 5.44. The van der Waals surface area contributed by atoms with E-state index >= 15 is 0 Å². The number of hydrogen-bond acceptors (Lipinski definition) is 3. The van der Waals surface area contributed by atoms with Crippen LogP contribution in [0.3, 0.4) is 0 Å². The van der Waals surface area contributed by atoms with Gasteiger partial charge < -0.3 is 9.30 Å². The fourth-order valence-corrected chi connectivity index (χ4v) is 4.30. The predicted molar refractivity (Wildman–Crippen MR) is 110 cm³/mol. The van der Waals surface area contributed by atoms with Gasteiger partial charge in [-0.2, -0.15) is 0 Å². The first-order valence-electron chi connectivity index (χ1n) is 7.67. The van der Waals surface area contributed by atoms with Crippen LogP contribution in [0.25, 0.3) is 0 Å². The summed E-state index contributed by atoms with van der Waals surface area (Å²) in [5, 5.41) is 2.24. The highest BCUT2D eigenvalue weighted by Gasteiger charge is 2.17. The summed E-state index contributed by atoms with van der Waals surface area (Å²) in [7, 11) is 0. The fraction of sp³-hybridized carbons (Fsp3) is 0.167. The van der Waals surface area contributed by atoms with Gasteiger partial charge in [-0.25, -0.2) is 4.98 Å². The van der Waals surface area contributed by atoms with Crippen LogP contribution in [-0.2, 0) is 6.54 Å². The van der Waals surface area contributed by atoms with Gasteiger partial charge in [-0.3, -0.25) is 0 Å². The van der Waals surface area contributed by atoms with Gasteiger partial charge in [-0.15, -0.1) is 11.8 Å². The van der Waals surface area contributed by atoms with Crippen molar-refractivity contribution in [2.75, 3.05) is 6.61 Å². The highest BCUT2D eigenvalue weighted by atomic mass is 35.5. The van der Waals surface area contributed by atoms with Crippen molar-refractivity contribution >= 4 is 58.2 Å². The van der Waals surface area contributed by atoms with Crippen molar-refractivity contribution in [3.8, 4) is 5.75 Å². The largest absolute Gasteiger partial charge is 0.492 e. The highest BCUT2D eigenvalue weighted by molar-refractivity contribution is 8.00. The van der Waals surface area contributed by atoms with Gasteiger partial charge in [0.05, 0.1) is 31.7 Å². The number of benzene rings is 2. The standard InChI is InChI=1S/C18H14Cl4N2OS/c19-14-5-4-12(8-17(14)22)25-10-13(9-24-7-6-23-11-24)26-18-15(20)2-1-3-16(18)21/h1-8,11,13H,9-10H2. The van der Waals surface area contributed by atoms with E-state index in [1.54, 1.807) is 42.5 Å². The molecule has 1 aromatic heterocycles. The van der Waals surface area contributed by atoms with Crippen molar-refractivity contribution in [2.24, 2.45) is 0 Å². The van der Waals surface area contributed by atoms with Gasteiger partial charge >= 0.3 is 0 Å². The molecule has 0 aliphatic heterocycles. The van der Waals surface area contributed by atoms with Crippen LogP contribution in [0, 0.1) is 0 Å². The zero-order valence-corrected chi connectivity index (χ0v) is 17.3. The van der Waals surface area contributed by atoms with Crippen molar-refractivity contribution in [3.05, 3.63) is 75.2 Å². The van der Waals surface area contributed by atoms with E-state index in [1.165, 1.54) is 0 Å². The van der Waals surface area contributed by atoms with Gasteiger partial charge in [-0.1, -0.05) is 52.5 Å². The molecule has 0 amide bonds. The Morgan fingerprint density at radius 1 is 1.00 bits per heavy atom. The monoisotopic (exact) mass is 446 g/mol. The molecule has 3 nitrogen and oxygen atoms in total. The summed E-state index contributed by atoms with van der Waals surface area (Å²) in [4.78, 5) is 4.92. The summed E-state index contributed by atoms with van der Waals surface area (Å²) < 4.78 is 7.91. The number of rotatable bonds is 7. The maximum absolute atomic E-state index is 6.31. The Morgan fingerprint density at radius 2 is 1.77 bits per heavy atom. The lowest BCUT2D eigenvalue weighted by atomic mass is 10.3. The molecule has 1 atom stereocenters. The van der Waals surface area contributed by atoms with Gasteiger partial charge in [0.25, 0.3) is 0 Å². The molecule has 0 aliphatic rings. The molecule has 0 saturated carbocycles. The summed E-state index contributed by atoms with van der Waals surface area (Å²) in [5.74, 6) is 0.654. The van der Waals surface area contributed by atoms with E-state index in [0.717, 1.165) is 4.90 Å². The Morgan fingerprint density at radius 3 is 2.42 bits per heavy atom. The number of imidazole rings is 1. The average Bonchev–Trinajstić information content (AvgIpc) is 3.12. The van der Waals surface area contributed by atoms with Gasteiger partial charge in [-0.05, 0) is 24.3 Å². The van der Waals surface area contributed by atoms with Crippen molar-refractivity contribution in [1.29, 1.82) is 0 Å². The minimum atomic E-state index is 0.0519. The molecule has 0 spiro atoms. The van der Waals surface area contributed by atoms with Gasteiger partial charge in [0.1, 0.15) is 12.4 Å². The minimum absolute atomic E-state index is 0.0519. The van der Waals surface area contributed by atoms with Crippen molar-refractivity contribution in [3.63, 3.8) is 0 Å². The van der Waals surface area contributed by atoms with Gasteiger partial charge in [0, 0.05) is 29.9 Å². The zero-order valence-electron chi connectivity index (χ0n) is 13.4. The van der Waals surface area contributed by atoms with Crippen LogP contribution in [-0.4, -0.2) is 21.4 Å². The second-order valence-corrected chi connectivity index (χ2v) is 8.38. The van der Waals surface area contributed by atoms with Crippen LogP contribution in [0.1, 0.15) is 0 Å². The SMILES string of the molecule is Clc1ccc(OCC(Cn2ccnc2)Sc2c(Cl)cccc2Cl)cc1Cl. The fourth-order valence-electron chi connectivity index (χ4n) is 2.27. The van der Waals surface area contributed by atoms with Crippen LogP contribution in [0.5, 0.6) is 5.75 Å². The molecule has 0 bridgehead atoms. The van der Waals surface area contributed by atoms with E-state index in [1.807, 2.05) is 29.0 Å². The first kappa shape index (κ1) is 19.7. The van der Waals surface area contributed by atoms with Crippen LogP contribution in [0.4, 0.5) is 0 Å². The summed E-state index contributed by atoms with van der Waals surface area (Å²) in [5.41, 5.74) is 0. The second kappa shape index (κ2) is 9.25. The van der Waals surface area contributed by atoms with Crippen molar-refractivity contribution in [2.45, 2.75) is 16.7 Å². The topological polar surface area (TPSA) is 27.1 Å². The lowest BCUT2D eigenvalue weighted by molar-refractivity contribution is 0.308. The van der Waals surface area contributed by atoms with E-state index in [4.69, 9.17) is 51.1 Å². The molecule has 1 unspecified atom stereocenters. The molecule has 0 N–H and O–H groups in total. The average molecular weight is 448 g/mol. The maximum Gasteiger partial charge on any atom is 0.120 e. The third-order valence-corrected chi connectivity index (χ3v) is 6.39. The van der Waals surface area contributed by atoms with Crippen LogP contribution in [0.2, 0.25) is 20.1 Å². The van der Waals surface area contributed by atoms with E-state index in [0.29, 0.717) is 39.0 Å². The lowest BCUT2D eigenvalue weighted by Gasteiger charge is -2.19. The van der Waals surface area contributed by atoms with Crippen LogP contribution in [0.15, 0.2) is 60.0 Å². The van der Waals surface area contributed by atoms with E-state index < -0.39 is 0 Å². The lowest BCUT2D eigenvalue weighted by Crippen LogP contribution is -2.20. The molecule has 26 heavy (non-hydrogen) atoms. The van der Waals surface area contributed by atoms with Gasteiger partial charge in [0.15, 0.2) is 0 Å². The normalized spacial score (nSPS) is 12.2. The highest BCUT2D eigenvalue weighted by Crippen LogP contribution is 2.37. The van der Waals surface area contributed by atoms with Crippen molar-refractivity contribution < 1.29 is 4.74 Å². The summed E-state index contributed by atoms with van der Waals surface area (Å²) in [6.45, 7) is 1.12. The van der Waals surface area contributed by atoms with Gasteiger partial charge in [0.2, 0.25) is 0 Å². The molecule has 136 valence electrons. The first-order valence-corrected chi connectivity index (χ1v) is 10.1. The number of aromatic nitrogens is 2. The molecule has 1 heterocycles. The molecule has 3 rings (SSSR count). The Balaban J connectivity index is 1.75. The third kappa shape index (κ3) is 5.24. The molecule has 0 radical (unpaired) electrons. The molecule has 2 aromatic carbocycles. The van der Waals surface area contributed by atoms with Crippen LogP contribution < -0.4 is 4.74 Å². The summed E-state index contributed by atoms with van der Waals surface area (Å²) in [6, 6.07) is 10.7. The van der Waals surface area contributed by atoms with Crippen molar-refractivity contribution in [1.82, 2.24) is 9.55 Å². The number of hydrogen-bond donors (Lipinski definition) is 0. The molecule has 0 aliphatic carbocycles. The maximum atomic E-state index is 6.31. The third-order valence-electron chi connectivity index (χ3n) is 3.50. The Hall–Kier alpha value is -1.04. The van der Waals surface area contributed by atoms with E-state index in [-0.39, 0.29) is 5.25 Å². The molecule has 8 heteroatoms. The first-order chi connectivity index (χ1) is 12.5. The van der Waals surface area contributed by atoms with E-state index in [9.17, 15) is 0 Å². The smallest absolute Gasteiger partial charge is 0.120 e. The number of thioether (sulfide) groups is 1. The molecular formula is C18H14Cl4N2OS. The number of nitrogens with zero attached hydrogens (tertiary/aromatic N) is 2. The predicted octanol–water partition coefficient (Wildman–Crippen LogP) is 6.74. The van der Waals surface area contributed by atoms with Crippen LogP contribution >= 0.6 is 58.2 Å². The minimum Gasteiger partial charge on any atom is -0.492 e. The molecular weight excluding hydrogens is 434 g/mol. The molecule has 0 fully saturated rings. The Kier molecular flexibility index (Phi) is 7.01. The quantitative estimate of drug-likeness (QED) is 0.375.